The van der Waals surface area contributed by atoms with Gasteiger partial charge in [-0.3, -0.25) is 9.59 Å². The molecule has 7 nitrogen and oxygen atoms in total. The van der Waals surface area contributed by atoms with Crippen LogP contribution in [0.25, 0.3) is 0 Å². The molecule has 2 amide bonds. The minimum Gasteiger partial charge on any atom is -0.490 e. The molecule has 2 saturated heterocycles. The number of benzene rings is 2. The first-order valence-corrected chi connectivity index (χ1v) is 13.4. The zero-order chi connectivity index (χ0) is 25.2. The maximum absolute atomic E-state index is 14.0. The van der Waals surface area contributed by atoms with Crippen molar-refractivity contribution in [2.24, 2.45) is 5.92 Å². The summed E-state index contributed by atoms with van der Waals surface area (Å²) in [4.78, 5) is 29.6. The van der Waals surface area contributed by atoms with Crippen LogP contribution in [-0.4, -0.2) is 49.1 Å². The van der Waals surface area contributed by atoms with E-state index in [1.807, 2.05) is 62.1 Å². The van der Waals surface area contributed by atoms with Gasteiger partial charge in [-0.1, -0.05) is 30.3 Å². The van der Waals surface area contributed by atoms with Gasteiger partial charge in [-0.15, -0.1) is 0 Å². The molecule has 0 aliphatic carbocycles. The molecule has 0 bridgehead atoms. The van der Waals surface area contributed by atoms with E-state index in [1.54, 1.807) is 0 Å². The van der Waals surface area contributed by atoms with Gasteiger partial charge < -0.3 is 25.0 Å². The number of hydrogen-bond donors (Lipinski definition) is 2. The normalized spacial score (nSPS) is 23.7. The van der Waals surface area contributed by atoms with Crippen molar-refractivity contribution >= 4 is 11.8 Å². The molecule has 192 valence electrons. The molecular formula is C29H37N3O4. The summed E-state index contributed by atoms with van der Waals surface area (Å²) in [6.07, 6.45) is 3.46. The first-order valence-electron chi connectivity index (χ1n) is 13.4. The fourth-order valence-electron chi connectivity index (χ4n) is 6.18. The molecule has 2 aromatic rings. The number of ether oxygens (including phenoxy) is 2. The molecule has 3 heterocycles. The zero-order valence-corrected chi connectivity index (χ0v) is 21.5. The average Bonchev–Trinajstić information content (AvgIpc) is 2.89. The lowest BCUT2D eigenvalue weighted by atomic mass is 9.75. The number of carbonyl (C=O) groups is 2. The van der Waals surface area contributed by atoms with Crippen LogP contribution < -0.4 is 20.1 Å². The second kappa shape index (κ2) is 10.5. The largest absolute Gasteiger partial charge is 0.490 e. The Balaban J connectivity index is 1.60. The third-order valence-corrected chi connectivity index (χ3v) is 7.83. The van der Waals surface area contributed by atoms with Gasteiger partial charge in [0.2, 0.25) is 5.91 Å². The fourth-order valence-corrected chi connectivity index (χ4v) is 6.18. The molecule has 3 aliphatic rings. The second-order valence-electron chi connectivity index (χ2n) is 9.97. The first kappa shape index (κ1) is 24.6. The summed E-state index contributed by atoms with van der Waals surface area (Å²) in [5.41, 5.74) is 3.53. The molecular weight excluding hydrogens is 454 g/mol. The molecule has 7 heteroatoms. The summed E-state index contributed by atoms with van der Waals surface area (Å²) in [6, 6.07) is 11.8. The second-order valence-corrected chi connectivity index (χ2v) is 9.97. The number of nitrogens with zero attached hydrogens (tertiary/aromatic N) is 1. The molecule has 5 rings (SSSR count). The SMILES string of the molecule is CCOc1cc2c(c(C(=O)N[C@H](C)c3ccccc3)c1OCC)[C@H]1C[C@@H]3NCCC[C@@H]3C(=O)N1CC2. The van der Waals surface area contributed by atoms with Gasteiger partial charge >= 0.3 is 0 Å². The van der Waals surface area contributed by atoms with Gasteiger partial charge in [0.25, 0.3) is 5.91 Å². The van der Waals surface area contributed by atoms with Gasteiger partial charge in [0.05, 0.1) is 36.8 Å². The summed E-state index contributed by atoms with van der Waals surface area (Å²) in [7, 11) is 0. The number of fused-ring (bicyclic) bond motifs is 4. The molecule has 2 N–H and O–H groups in total. The van der Waals surface area contributed by atoms with Crippen LogP contribution in [0, 0.1) is 5.92 Å². The van der Waals surface area contributed by atoms with Gasteiger partial charge in [0, 0.05) is 12.6 Å². The van der Waals surface area contributed by atoms with E-state index in [0.717, 1.165) is 42.5 Å². The van der Waals surface area contributed by atoms with Crippen molar-refractivity contribution < 1.29 is 19.1 Å². The van der Waals surface area contributed by atoms with E-state index >= 15 is 0 Å². The van der Waals surface area contributed by atoms with Crippen LogP contribution in [0.3, 0.4) is 0 Å². The van der Waals surface area contributed by atoms with Crippen LogP contribution in [0.1, 0.15) is 79.2 Å². The summed E-state index contributed by atoms with van der Waals surface area (Å²) in [5, 5.41) is 6.79. The summed E-state index contributed by atoms with van der Waals surface area (Å²) >= 11 is 0. The van der Waals surface area contributed by atoms with E-state index in [9.17, 15) is 9.59 Å². The highest BCUT2D eigenvalue weighted by molar-refractivity contribution is 6.00. The lowest BCUT2D eigenvalue weighted by molar-refractivity contribution is -0.145. The van der Waals surface area contributed by atoms with Crippen LogP contribution in [0.5, 0.6) is 11.5 Å². The fraction of sp³-hybridized carbons (Fsp3) is 0.517. The monoisotopic (exact) mass is 491 g/mol. The Bertz CT molecular complexity index is 1120. The van der Waals surface area contributed by atoms with Crippen molar-refractivity contribution in [1.82, 2.24) is 15.5 Å². The first-order chi connectivity index (χ1) is 17.5. The number of amides is 2. The molecule has 0 radical (unpaired) electrons. The van der Waals surface area contributed by atoms with Crippen LogP contribution in [0.15, 0.2) is 36.4 Å². The smallest absolute Gasteiger partial charge is 0.256 e. The van der Waals surface area contributed by atoms with Gasteiger partial charge in [0.1, 0.15) is 0 Å². The molecule has 3 aliphatic heterocycles. The molecule has 2 aromatic carbocycles. The Morgan fingerprint density at radius 2 is 1.97 bits per heavy atom. The van der Waals surface area contributed by atoms with E-state index in [0.29, 0.717) is 43.2 Å². The Morgan fingerprint density at radius 3 is 2.72 bits per heavy atom. The quantitative estimate of drug-likeness (QED) is 0.608. The Morgan fingerprint density at radius 1 is 1.19 bits per heavy atom. The summed E-state index contributed by atoms with van der Waals surface area (Å²) in [6.45, 7) is 8.32. The highest BCUT2D eigenvalue weighted by Gasteiger charge is 2.47. The van der Waals surface area contributed by atoms with Gasteiger partial charge in [0.15, 0.2) is 11.5 Å². The van der Waals surface area contributed by atoms with Gasteiger partial charge in [-0.2, -0.15) is 0 Å². The van der Waals surface area contributed by atoms with Gasteiger partial charge in [-0.05, 0) is 75.8 Å². The van der Waals surface area contributed by atoms with E-state index in [2.05, 4.69) is 10.6 Å². The lowest BCUT2D eigenvalue weighted by Crippen LogP contribution is -2.58. The minimum atomic E-state index is -0.194. The van der Waals surface area contributed by atoms with Crippen molar-refractivity contribution in [3.63, 3.8) is 0 Å². The zero-order valence-electron chi connectivity index (χ0n) is 21.5. The Labute approximate surface area is 213 Å². The summed E-state index contributed by atoms with van der Waals surface area (Å²) < 4.78 is 12.1. The predicted octanol–water partition coefficient (Wildman–Crippen LogP) is 4.17. The standard InChI is InChI=1S/C29H37N3O4/c1-4-35-24-16-20-13-15-32-23(17-22-21(29(32)34)12-9-14-30-22)25(20)26(27(24)36-5-2)28(33)31-18(3)19-10-7-6-8-11-19/h6-8,10-11,16,18,21-23,30H,4-5,9,12-15,17H2,1-3H3,(H,31,33)/t18-,21+,22+,23-/m1/s1. The topological polar surface area (TPSA) is 79.9 Å². The van der Waals surface area contributed by atoms with Gasteiger partial charge in [-0.25, -0.2) is 0 Å². The number of nitrogens with one attached hydrogen (secondary N) is 2. The highest BCUT2D eigenvalue weighted by Crippen LogP contribution is 2.47. The van der Waals surface area contributed by atoms with Crippen molar-refractivity contribution in [2.45, 2.75) is 64.6 Å². The van der Waals surface area contributed by atoms with E-state index in [-0.39, 0.29) is 35.9 Å². The highest BCUT2D eigenvalue weighted by atomic mass is 16.5. The summed E-state index contributed by atoms with van der Waals surface area (Å²) in [5.74, 6) is 1.12. The van der Waals surface area contributed by atoms with Crippen LogP contribution in [0.4, 0.5) is 0 Å². The van der Waals surface area contributed by atoms with Crippen LogP contribution in [0.2, 0.25) is 0 Å². The molecule has 0 spiro atoms. The minimum absolute atomic E-state index is 0.0287. The van der Waals surface area contributed by atoms with E-state index in [1.165, 1.54) is 0 Å². The molecule has 0 saturated carbocycles. The predicted molar refractivity (Wildman–Crippen MR) is 138 cm³/mol. The molecule has 4 atom stereocenters. The number of hydrogen-bond acceptors (Lipinski definition) is 5. The molecule has 0 unspecified atom stereocenters. The maximum Gasteiger partial charge on any atom is 0.256 e. The van der Waals surface area contributed by atoms with Crippen molar-refractivity contribution in [3.8, 4) is 11.5 Å². The van der Waals surface area contributed by atoms with E-state index < -0.39 is 0 Å². The van der Waals surface area contributed by atoms with Crippen LogP contribution >= 0.6 is 0 Å². The van der Waals surface area contributed by atoms with Crippen molar-refractivity contribution in [3.05, 3.63) is 58.7 Å². The van der Waals surface area contributed by atoms with Crippen LogP contribution in [-0.2, 0) is 11.2 Å². The third kappa shape index (κ3) is 4.45. The maximum atomic E-state index is 14.0. The number of carbonyl (C=O) groups excluding carboxylic acids is 2. The Kier molecular flexibility index (Phi) is 7.19. The van der Waals surface area contributed by atoms with E-state index in [4.69, 9.17) is 9.47 Å². The van der Waals surface area contributed by atoms with Crippen molar-refractivity contribution in [2.75, 3.05) is 26.3 Å². The third-order valence-electron chi connectivity index (χ3n) is 7.83. The number of rotatable bonds is 7. The molecule has 36 heavy (non-hydrogen) atoms. The van der Waals surface area contributed by atoms with Crippen molar-refractivity contribution in [1.29, 1.82) is 0 Å². The average molecular weight is 492 g/mol. The lowest BCUT2D eigenvalue weighted by Gasteiger charge is -2.49. The molecule has 2 fully saturated rings. The molecule has 0 aromatic heterocycles. The Hall–Kier alpha value is -3.06. The number of piperidine rings is 2.